The molecule has 0 aliphatic heterocycles. The van der Waals surface area contributed by atoms with Crippen LogP contribution in [0.25, 0.3) is 0 Å². The molecular formula is C22H18FN5O5S. The van der Waals surface area contributed by atoms with Crippen LogP contribution in [0, 0.1) is 5.82 Å². The van der Waals surface area contributed by atoms with Crippen molar-refractivity contribution >= 4 is 33.4 Å². The van der Waals surface area contributed by atoms with Crippen LogP contribution in [-0.2, 0) is 26.9 Å². The summed E-state index contributed by atoms with van der Waals surface area (Å²) in [5, 5.41) is 2.85. The van der Waals surface area contributed by atoms with Crippen molar-refractivity contribution < 1.29 is 26.8 Å². The van der Waals surface area contributed by atoms with Crippen LogP contribution in [0.2, 0.25) is 0 Å². The molecule has 0 aliphatic rings. The van der Waals surface area contributed by atoms with E-state index in [0.29, 0.717) is 5.69 Å². The summed E-state index contributed by atoms with van der Waals surface area (Å²) >= 11 is 0. The Kier molecular flexibility index (Phi) is 6.50. The van der Waals surface area contributed by atoms with Crippen molar-refractivity contribution in [2.24, 2.45) is 0 Å². The Morgan fingerprint density at radius 2 is 1.74 bits per heavy atom. The number of esters is 1. The van der Waals surface area contributed by atoms with Gasteiger partial charge in [-0.3, -0.25) is 0 Å². The Labute approximate surface area is 193 Å². The number of aromatic nitrogens is 3. The van der Waals surface area contributed by atoms with E-state index in [1.165, 1.54) is 48.5 Å². The molecule has 174 valence electrons. The highest BCUT2D eigenvalue weighted by Gasteiger charge is 2.20. The molecule has 0 aliphatic carbocycles. The summed E-state index contributed by atoms with van der Waals surface area (Å²) in [4.78, 5) is 24.4. The fourth-order valence-corrected chi connectivity index (χ4v) is 4.15. The lowest BCUT2D eigenvalue weighted by atomic mass is 10.3. The standard InChI is InChI=1S/C22H18FN5O5S/c23-14-6-8-15(9-7-14)25-22-27-19(26-21(24)28-22)12-32-20(29)18-11-10-16(33-18)13-34(30,31)17-4-2-1-3-5-17/h1-11H,12-13H2,(H3,24,25,26,27,28). The maximum Gasteiger partial charge on any atom is 0.374 e. The Morgan fingerprint density at radius 1 is 1.00 bits per heavy atom. The number of nitrogens with two attached hydrogens (primary N) is 1. The molecule has 3 N–H and O–H groups in total. The van der Waals surface area contributed by atoms with E-state index in [0.717, 1.165) is 0 Å². The monoisotopic (exact) mass is 483 g/mol. The van der Waals surface area contributed by atoms with Crippen LogP contribution >= 0.6 is 0 Å². The second kappa shape index (κ2) is 9.67. The zero-order valence-corrected chi connectivity index (χ0v) is 18.3. The SMILES string of the molecule is Nc1nc(COC(=O)c2ccc(CS(=O)(=O)c3ccccc3)o2)nc(Nc2ccc(F)cc2)n1. The van der Waals surface area contributed by atoms with Crippen LogP contribution in [0.3, 0.4) is 0 Å². The smallest absolute Gasteiger partial charge is 0.374 e. The van der Waals surface area contributed by atoms with E-state index in [1.807, 2.05) is 0 Å². The molecule has 0 fully saturated rings. The van der Waals surface area contributed by atoms with Gasteiger partial charge < -0.3 is 20.2 Å². The number of benzene rings is 2. The van der Waals surface area contributed by atoms with Gasteiger partial charge in [0.25, 0.3) is 0 Å². The summed E-state index contributed by atoms with van der Waals surface area (Å²) in [6.07, 6.45) is 0. The number of nitrogens with one attached hydrogen (secondary N) is 1. The Balaban J connectivity index is 1.39. The first-order valence-electron chi connectivity index (χ1n) is 9.85. The number of nitrogens with zero attached hydrogens (tertiary/aromatic N) is 3. The number of rotatable bonds is 8. The van der Waals surface area contributed by atoms with Gasteiger partial charge in [-0.1, -0.05) is 18.2 Å². The van der Waals surface area contributed by atoms with Gasteiger partial charge in [-0.15, -0.1) is 0 Å². The van der Waals surface area contributed by atoms with E-state index in [9.17, 15) is 17.6 Å². The maximum absolute atomic E-state index is 13.1. The second-order valence-electron chi connectivity index (χ2n) is 6.98. The molecule has 0 radical (unpaired) electrons. The van der Waals surface area contributed by atoms with E-state index in [4.69, 9.17) is 14.9 Å². The van der Waals surface area contributed by atoms with Crippen LogP contribution in [0.5, 0.6) is 0 Å². The van der Waals surface area contributed by atoms with E-state index in [1.54, 1.807) is 18.2 Å². The summed E-state index contributed by atoms with van der Waals surface area (Å²) in [6, 6.07) is 16.1. The molecule has 4 rings (SSSR count). The molecule has 2 heterocycles. The average Bonchev–Trinajstić information content (AvgIpc) is 3.27. The van der Waals surface area contributed by atoms with Crippen LogP contribution in [0.1, 0.15) is 22.1 Å². The first kappa shape index (κ1) is 22.9. The Hall–Kier alpha value is -4.32. The zero-order chi connectivity index (χ0) is 24.1. The normalized spacial score (nSPS) is 11.2. The van der Waals surface area contributed by atoms with E-state index < -0.39 is 27.4 Å². The fourth-order valence-electron chi connectivity index (χ4n) is 2.89. The molecule has 0 atom stereocenters. The number of carbonyl (C=O) groups excluding carboxylic acids is 1. The molecule has 0 saturated heterocycles. The zero-order valence-electron chi connectivity index (χ0n) is 17.5. The Morgan fingerprint density at radius 3 is 2.47 bits per heavy atom. The van der Waals surface area contributed by atoms with Crippen LogP contribution in [0.4, 0.5) is 22.0 Å². The predicted molar refractivity (Wildman–Crippen MR) is 119 cm³/mol. The molecule has 0 amide bonds. The number of halogens is 1. The van der Waals surface area contributed by atoms with Gasteiger partial charge in [-0.25, -0.2) is 17.6 Å². The van der Waals surface area contributed by atoms with E-state index in [-0.39, 0.29) is 40.7 Å². The van der Waals surface area contributed by atoms with E-state index >= 15 is 0 Å². The highest BCUT2D eigenvalue weighted by Crippen LogP contribution is 2.19. The fraction of sp³-hybridized carbons (Fsp3) is 0.0909. The molecule has 0 spiro atoms. The van der Waals surface area contributed by atoms with Gasteiger partial charge in [0.05, 0.1) is 4.90 Å². The minimum Gasteiger partial charge on any atom is -0.453 e. The van der Waals surface area contributed by atoms with Crippen molar-refractivity contribution in [2.75, 3.05) is 11.1 Å². The number of hydrogen-bond acceptors (Lipinski definition) is 10. The molecule has 2 aromatic heterocycles. The Bertz CT molecular complexity index is 1410. The molecule has 2 aromatic carbocycles. The number of nitrogen functional groups attached to an aromatic ring is 1. The lowest BCUT2D eigenvalue weighted by Crippen LogP contribution is -2.11. The molecule has 0 saturated carbocycles. The third kappa shape index (κ3) is 5.72. The van der Waals surface area contributed by atoms with Crippen molar-refractivity contribution in [3.63, 3.8) is 0 Å². The minimum absolute atomic E-state index is 0.0592. The number of carbonyl (C=O) groups is 1. The first-order valence-corrected chi connectivity index (χ1v) is 11.5. The van der Waals surface area contributed by atoms with Crippen molar-refractivity contribution in [1.82, 2.24) is 15.0 Å². The van der Waals surface area contributed by atoms with Gasteiger partial charge in [0, 0.05) is 5.69 Å². The maximum atomic E-state index is 13.1. The van der Waals surface area contributed by atoms with Gasteiger partial charge in [-0.05, 0) is 48.5 Å². The number of furan rings is 1. The summed E-state index contributed by atoms with van der Waals surface area (Å²) in [5.41, 5.74) is 6.20. The lowest BCUT2D eigenvalue weighted by Gasteiger charge is -2.07. The highest BCUT2D eigenvalue weighted by atomic mass is 32.2. The van der Waals surface area contributed by atoms with Crippen molar-refractivity contribution in [3.05, 3.63) is 89.9 Å². The quantitative estimate of drug-likeness (QED) is 0.357. The molecule has 10 nitrogen and oxygen atoms in total. The van der Waals surface area contributed by atoms with Crippen molar-refractivity contribution in [1.29, 1.82) is 0 Å². The van der Waals surface area contributed by atoms with Gasteiger partial charge >= 0.3 is 5.97 Å². The average molecular weight is 483 g/mol. The number of ether oxygens (including phenoxy) is 1. The third-order valence-corrected chi connectivity index (χ3v) is 6.08. The topological polar surface area (TPSA) is 150 Å². The molecule has 0 bridgehead atoms. The first-order chi connectivity index (χ1) is 16.3. The summed E-state index contributed by atoms with van der Waals surface area (Å²) in [7, 11) is -3.63. The predicted octanol–water partition coefficient (Wildman–Crippen LogP) is 3.26. The van der Waals surface area contributed by atoms with E-state index in [2.05, 4.69) is 20.3 Å². The van der Waals surface area contributed by atoms with Gasteiger partial charge in [0.15, 0.2) is 22.3 Å². The number of sulfone groups is 1. The van der Waals surface area contributed by atoms with Crippen LogP contribution in [0.15, 0.2) is 76.0 Å². The molecule has 12 heteroatoms. The van der Waals surface area contributed by atoms with Crippen molar-refractivity contribution in [2.45, 2.75) is 17.3 Å². The minimum atomic E-state index is -3.63. The molecule has 0 unspecified atom stereocenters. The van der Waals surface area contributed by atoms with Gasteiger partial charge in [-0.2, -0.15) is 15.0 Å². The number of anilines is 3. The molecule has 4 aromatic rings. The summed E-state index contributed by atoms with van der Waals surface area (Å²) in [5.74, 6) is -1.71. The van der Waals surface area contributed by atoms with Gasteiger partial charge in [0.2, 0.25) is 17.7 Å². The van der Waals surface area contributed by atoms with Crippen LogP contribution in [-0.4, -0.2) is 29.3 Å². The second-order valence-corrected chi connectivity index (χ2v) is 8.97. The van der Waals surface area contributed by atoms with Crippen molar-refractivity contribution in [3.8, 4) is 0 Å². The lowest BCUT2D eigenvalue weighted by molar-refractivity contribution is 0.0424. The number of hydrogen-bond donors (Lipinski definition) is 2. The van der Waals surface area contributed by atoms with Crippen LogP contribution < -0.4 is 11.1 Å². The highest BCUT2D eigenvalue weighted by molar-refractivity contribution is 7.90. The van der Waals surface area contributed by atoms with Gasteiger partial charge in [0.1, 0.15) is 17.3 Å². The molecular weight excluding hydrogens is 465 g/mol. The third-order valence-electron chi connectivity index (χ3n) is 4.43. The molecule has 34 heavy (non-hydrogen) atoms. The largest absolute Gasteiger partial charge is 0.453 e. The summed E-state index contributed by atoms with van der Waals surface area (Å²) in [6.45, 7) is -0.345. The summed E-state index contributed by atoms with van der Waals surface area (Å²) < 4.78 is 48.5.